The van der Waals surface area contributed by atoms with Crippen molar-refractivity contribution in [3.63, 3.8) is 0 Å². The molecule has 0 radical (unpaired) electrons. The number of hydrogen-bond acceptors (Lipinski definition) is 4. The average Bonchev–Trinajstić information content (AvgIpc) is 2.60. The first-order chi connectivity index (χ1) is 12.3. The summed E-state index contributed by atoms with van der Waals surface area (Å²) in [5.41, 5.74) is 3.20. The molecule has 0 spiro atoms. The molecule has 1 aliphatic carbocycles. The summed E-state index contributed by atoms with van der Waals surface area (Å²) in [5.74, 6) is -0.140. The van der Waals surface area contributed by atoms with Gasteiger partial charge in [0, 0.05) is 11.7 Å². The molecule has 0 heterocycles. The Kier molecular flexibility index (Phi) is 5.41. The number of carbonyl (C=O) groups excluding carboxylic acids is 1. The number of rotatable bonds is 5. The smallest absolute Gasteiger partial charge is 0.238 e. The summed E-state index contributed by atoms with van der Waals surface area (Å²) in [6.07, 6.45) is 3.23. The van der Waals surface area contributed by atoms with E-state index in [1.165, 1.54) is 35.4 Å². The molecule has 1 amide bonds. The van der Waals surface area contributed by atoms with Crippen molar-refractivity contribution in [3.8, 4) is 0 Å². The Morgan fingerprint density at radius 1 is 1.19 bits per heavy atom. The number of sulfonamides is 1. The summed E-state index contributed by atoms with van der Waals surface area (Å²) in [7, 11) is -1.78. The molecule has 0 aliphatic heterocycles. The number of benzene rings is 2. The SMILES string of the molecule is CN(CC(=O)Nc1ccc(S(N)(=O)=O)cc1)[C@H]1CCCc2ccccc21. The Morgan fingerprint density at radius 3 is 2.58 bits per heavy atom. The zero-order chi connectivity index (χ0) is 18.7. The van der Waals surface area contributed by atoms with E-state index in [4.69, 9.17) is 5.14 Å². The molecule has 0 saturated heterocycles. The van der Waals surface area contributed by atoms with Gasteiger partial charge in [-0.05, 0) is 61.7 Å². The predicted molar refractivity (Wildman–Crippen MR) is 101 cm³/mol. The summed E-state index contributed by atoms with van der Waals surface area (Å²) in [4.78, 5) is 14.4. The highest BCUT2D eigenvalue weighted by Crippen LogP contribution is 2.33. The maximum Gasteiger partial charge on any atom is 0.238 e. The Labute approximate surface area is 154 Å². The van der Waals surface area contributed by atoms with Gasteiger partial charge in [-0.2, -0.15) is 0 Å². The van der Waals surface area contributed by atoms with Gasteiger partial charge in [0.05, 0.1) is 11.4 Å². The molecule has 3 N–H and O–H groups in total. The Morgan fingerprint density at radius 2 is 1.88 bits per heavy atom. The summed E-state index contributed by atoms with van der Waals surface area (Å²) >= 11 is 0. The number of anilines is 1. The fourth-order valence-electron chi connectivity index (χ4n) is 3.45. The zero-order valence-corrected chi connectivity index (χ0v) is 15.5. The van der Waals surface area contributed by atoms with Crippen LogP contribution in [-0.2, 0) is 21.2 Å². The first-order valence-corrected chi connectivity index (χ1v) is 10.1. The van der Waals surface area contributed by atoms with Crippen LogP contribution in [0.1, 0.15) is 30.0 Å². The van der Waals surface area contributed by atoms with E-state index >= 15 is 0 Å². The van der Waals surface area contributed by atoms with E-state index < -0.39 is 10.0 Å². The zero-order valence-electron chi connectivity index (χ0n) is 14.7. The van der Waals surface area contributed by atoms with Crippen molar-refractivity contribution in [3.05, 3.63) is 59.7 Å². The number of carbonyl (C=O) groups is 1. The molecule has 2 aromatic rings. The number of amides is 1. The lowest BCUT2D eigenvalue weighted by Crippen LogP contribution is -2.34. The van der Waals surface area contributed by atoms with E-state index in [0.717, 1.165) is 19.3 Å². The fraction of sp³-hybridized carbons (Fsp3) is 0.316. The van der Waals surface area contributed by atoms with Gasteiger partial charge in [0.1, 0.15) is 0 Å². The van der Waals surface area contributed by atoms with E-state index in [9.17, 15) is 13.2 Å². The number of nitrogens with zero attached hydrogens (tertiary/aromatic N) is 1. The van der Waals surface area contributed by atoms with Crippen LogP contribution in [0.4, 0.5) is 5.69 Å². The highest BCUT2D eigenvalue weighted by atomic mass is 32.2. The topological polar surface area (TPSA) is 92.5 Å². The molecule has 0 bridgehead atoms. The average molecular weight is 373 g/mol. The van der Waals surface area contributed by atoms with Crippen LogP contribution in [0, 0.1) is 0 Å². The third kappa shape index (κ3) is 4.30. The van der Waals surface area contributed by atoms with Crippen LogP contribution < -0.4 is 10.5 Å². The number of primary sulfonamides is 1. The van der Waals surface area contributed by atoms with Crippen molar-refractivity contribution < 1.29 is 13.2 Å². The van der Waals surface area contributed by atoms with Crippen LogP contribution in [0.2, 0.25) is 0 Å². The Balaban J connectivity index is 1.63. The van der Waals surface area contributed by atoms with Gasteiger partial charge < -0.3 is 5.32 Å². The fourth-order valence-corrected chi connectivity index (χ4v) is 3.97. The van der Waals surface area contributed by atoms with Crippen LogP contribution in [0.5, 0.6) is 0 Å². The van der Waals surface area contributed by atoms with Gasteiger partial charge in [0.25, 0.3) is 0 Å². The molecule has 2 aromatic carbocycles. The molecule has 0 saturated carbocycles. The first kappa shape index (κ1) is 18.6. The van der Waals surface area contributed by atoms with Crippen LogP contribution in [0.3, 0.4) is 0 Å². The number of hydrogen-bond donors (Lipinski definition) is 2. The van der Waals surface area contributed by atoms with Crippen molar-refractivity contribution in [2.24, 2.45) is 5.14 Å². The standard InChI is InChI=1S/C19H23N3O3S/c1-22(18-8-4-6-14-5-2-3-7-17(14)18)13-19(23)21-15-9-11-16(12-10-15)26(20,24)25/h2-3,5,7,9-12,18H,4,6,8,13H2,1H3,(H,21,23)(H2,20,24,25)/t18-/m0/s1. The number of aryl methyl sites for hydroxylation is 1. The summed E-state index contributed by atoms with van der Waals surface area (Å²) in [5, 5.41) is 7.87. The Hall–Kier alpha value is -2.22. The maximum atomic E-state index is 12.4. The number of likely N-dealkylation sites (N-methyl/N-ethyl adjacent to an activating group) is 1. The molecule has 1 atom stereocenters. The molecule has 0 fully saturated rings. The molecule has 1 aliphatic rings. The van der Waals surface area contributed by atoms with Crippen molar-refractivity contribution in [1.82, 2.24) is 4.90 Å². The van der Waals surface area contributed by atoms with Crippen molar-refractivity contribution >= 4 is 21.6 Å². The van der Waals surface area contributed by atoms with Gasteiger partial charge in [0.2, 0.25) is 15.9 Å². The van der Waals surface area contributed by atoms with Gasteiger partial charge in [-0.25, -0.2) is 13.6 Å². The monoisotopic (exact) mass is 373 g/mol. The third-order valence-corrected chi connectivity index (χ3v) is 5.66. The first-order valence-electron chi connectivity index (χ1n) is 8.55. The normalized spacial score (nSPS) is 17.0. The second-order valence-electron chi connectivity index (χ2n) is 6.64. The minimum Gasteiger partial charge on any atom is -0.325 e. The number of nitrogens with one attached hydrogen (secondary N) is 1. The minimum atomic E-state index is -3.73. The van der Waals surface area contributed by atoms with Crippen LogP contribution in [0.15, 0.2) is 53.4 Å². The Bertz CT molecular complexity index is 895. The van der Waals surface area contributed by atoms with E-state index in [1.54, 1.807) is 0 Å². The molecule has 6 nitrogen and oxygen atoms in total. The van der Waals surface area contributed by atoms with Crippen molar-refractivity contribution in [2.75, 3.05) is 18.9 Å². The minimum absolute atomic E-state index is 0.0198. The van der Waals surface area contributed by atoms with Gasteiger partial charge in [-0.1, -0.05) is 24.3 Å². The quantitative estimate of drug-likeness (QED) is 0.841. The molecule has 0 aromatic heterocycles. The van der Waals surface area contributed by atoms with Gasteiger partial charge in [-0.15, -0.1) is 0 Å². The van der Waals surface area contributed by atoms with Crippen molar-refractivity contribution in [2.45, 2.75) is 30.2 Å². The van der Waals surface area contributed by atoms with Crippen molar-refractivity contribution in [1.29, 1.82) is 0 Å². The third-order valence-electron chi connectivity index (χ3n) is 4.73. The molecular weight excluding hydrogens is 350 g/mol. The predicted octanol–water partition coefficient (Wildman–Crippen LogP) is 2.28. The molecule has 7 heteroatoms. The van der Waals surface area contributed by atoms with Crippen LogP contribution >= 0.6 is 0 Å². The van der Waals surface area contributed by atoms with E-state index in [-0.39, 0.29) is 23.4 Å². The lowest BCUT2D eigenvalue weighted by molar-refractivity contribution is -0.117. The molecular formula is C19H23N3O3S. The number of fused-ring (bicyclic) bond motifs is 1. The number of nitrogens with two attached hydrogens (primary N) is 1. The van der Waals surface area contributed by atoms with Crippen LogP contribution in [0.25, 0.3) is 0 Å². The van der Waals surface area contributed by atoms with E-state index in [1.807, 2.05) is 13.1 Å². The second kappa shape index (κ2) is 7.57. The highest BCUT2D eigenvalue weighted by molar-refractivity contribution is 7.89. The van der Waals surface area contributed by atoms with E-state index in [0.29, 0.717) is 5.69 Å². The summed E-state index contributed by atoms with van der Waals surface area (Å²) in [6.45, 7) is 0.260. The van der Waals surface area contributed by atoms with Gasteiger partial charge in [0.15, 0.2) is 0 Å². The summed E-state index contributed by atoms with van der Waals surface area (Å²) < 4.78 is 22.5. The molecule has 3 rings (SSSR count). The van der Waals surface area contributed by atoms with Gasteiger partial charge >= 0.3 is 0 Å². The largest absolute Gasteiger partial charge is 0.325 e. The molecule has 138 valence electrons. The van der Waals surface area contributed by atoms with Crippen LogP contribution in [-0.4, -0.2) is 32.8 Å². The molecule has 0 unspecified atom stereocenters. The summed E-state index contributed by atoms with van der Waals surface area (Å²) in [6, 6.07) is 14.5. The van der Waals surface area contributed by atoms with Gasteiger partial charge in [-0.3, -0.25) is 9.69 Å². The maximum absolute atomic E-state index is 12.4. The second-order valence-corrected chi connectivity index (χ2v) is 8.20. The van der Waals surface area contributed by atoms with E-state index in [2.05, 4.69) is 28.4 Å². The lowest BCUT2D eigenvalue weighted by atomic mass is 9.87. The molecule has 26 heavy (non-hydrogen) atoms. The lowest BCUT2D eigenvalue weighted by Gasteiger charge is -2.32. The highest BCUT2D eigenvalue weighted by Gasteiger charge is 2.24.